The first-order chi connectivity index (χ1) is 9.65. The van der Waals surface area contributed by atoms with Gasteiger partial charge in [0.2, 0.25) is 0 Å². The van der Waals surface area contributed by atoms with Gasteiger partial charge in [-0.15, -0.1) is 0 Å². The SMILES string of the molecule is O=C(Nc1ccc(B(O)O)cc1)OCc1ccccc1. The number of nitrogens with one attached hydrogen (secondary N) is 1. The lowest BCUT2D eigenvalue weighted by molar-refractivity contribution is 0.155. The molecule has 0 unspecified atom stereocenters. The maximum absolute atomic E-state index is 11.6. The van der Waals surface area contributed by atoms with Crippen LogP contribution in [0.1, 0.15) is 5.56 Å². The molecule has 2 aromatic carbocycles. The van der Waals surface area contributed by atoms with Crippen LogP contribution >= 0.6 is 0 Å². The maximum atomic E-state index is 11.6. The molecule has 2 aromatic rings. The predicted molar refractivity (Wildman–Crippen MR) is 76.5 cm³/mol. The third kappa shape index (κ3) is 4.12. The molecular weight excluding hydrogens is 257 g/mol. The van der Waals surface area contributed by atoms with Gasteiger partial charge < -0.3 is 14.8 Å². The smallest absolute Gasteiger partial charge is 0.444 e. The molecule has 6 heteroatoms. The molecule has 0 aromatic heterocycles. The monoisotopic (exact) mass is 271 g/mol. The summed E-state index contributed by atoms with van der Waals surface area (Å²) in [6.07, 6.45) is -0.564. The summed E-state index contributed by atoms with van der Waals surface area (Å²) in [6, 6.07) is 15.5. The molecule has 0 aliphatic carbocycles. The van der Waals surface area contributed by atoms with Gasteiger partial charge in [0.05, 0.1) is 0 Å². The lowest BCUT2D eigenvalue weighted by Gasteiger charge is -2.07. The van der Waals surface area contributed by atoms with Gasteiger partial charge in [-0.25, -0.2) is 4.79 Å². The van der Waals surface area contributed by atoms with Crippen molar-refractivity contribution in [3.8, 4) is 0 Å². The number of carbonyl (C=O) groups is 1. The van der Waals surface area contributed by atoms with Gasteiger partial charge in [-0.3, -0.25) is 5.32 Å². The van der Waals surface area contributed by atoms with Crippen LogP contribution in [0.5, 0.6) is 0 Å². The normalized spacial score (nSPS) is 9.90. The van der Waals surface area contributed by atoms with E-state index in [9.17, 15) is 4.79 Å². The first-order valence-corrected chi connectivity index (χ1v) is 6.09. The first-order valence-electron chi connectivity index (χ1n) is 6.09. The molecule has 0 aliphatic heterocycles. The van der Waals surface area contributed by atoms with Crippen molar-refractivity contribution in [2.75, 3.05) is 5.32 Å². The van der Waals surface area contributed by atoms with Gasteiger partial charge in [-0.05, 0) is 23.2 Å². The number of benzene rings is 2. The standard InChI is InChI=1S/C14H14BNO4/c17-14(20-10-11-4-2-1-3-5-11)16-13-8-6-12(7-9-13)15(18)19/h1-9,18-19H,10H2,(H,16,17). The van der Waals surface area contributed by atoms with Gasteiger partial charge >= 0.3 is 13.2 Å². The molecule has 3 N–H and O–H groups in total. The summed E-state index contributed by atoms with van der Waals surface area (Å²) < 4.78 is 5.06. The van der Waals surface area contributed by atoms with Gasteiger partial charge in [0.15, 0.2) is 0 Å². The number of ether oxygens (including phenoxy) is 1. The van der Waals surface area contributed by atoms with E-state index in [1.165, 1.54) is 12.1 Å². The fraction of sp³-hybridized carbons (Fsp3) is 0.0714. The minimum atomic E-state index is -1.52. The Morgan fingerprint density at radius 1 is 1.05 bits per heavy atom. The Kier molecular flexibility index (Phi) is 4.76. The Balaban J connectivity index is 1.85. The molecule has 5 nitrogen and oxygen atoms in total. The number of carbonyl (C=O) groups excluding carboxylic acids is 1. The highest BCUT2D eigenvalue weighted by atomic mass is 16.5. The number of anilines is 1. The molecule has 0 spiro atoms. The van der Waals surface area contributed by atoms with Crippen LogP contribution in [-0.2, 0) is 11.3 Å². The van der Waals surface area contributed by atoms with E-state index in [2.05, 4.69) is 5.32 Å². The van der Waals surface area contributed by atoms with E-state index in [1.807, 2.05) is 30.3 Å². The van der Waals surface area contributed by atoms with Crippen molar-refractivity contribution in [1.29, 1.82) is 0 Å². The van der Waals surface area contributed by atoms with Crippen LogP contribution in [0, 0.1) is 0 Å². The summed E-state index contributed by atoms with van der Waals surface area (Å²) in [5, 5.41) is 20.5. The van der Waals surface area contributed by atoms with Gasteiger partial charge in [0.1, 0.15) is 6.61 Å². The van der Waals surface area contributed by atoms with Crippen molar-refractivity contribution < 1.29 is 19.6 Å². The lowest BCUT2D eigenvalue weighted by atomic mass is 9.80. The quantitative estimate of drug-likeness (QED) is 0.728. The van der Waals surface area contributed by atoms with E-state index in [0.29, 0.717) is 11.2 Å². The Hall–Kier alpha value is -2.31. The van der Waals surface area contributed by atoms with Gasteiger partial charge in [0.25, 0.3) is 0 Å². The zero-order valence-electron chi connectivity index (χ0n) is 10.7. The van der Waals surface area contributed by atoms with Crippen LogP contribution in [0.4, 0.5) is 10.5 Å². The second kappa shape index (κ2) is 6.74. The summed E-state index contributed by atoms with van der Waals surface area (Å²) in [7, 11) is -1.52. The van der Waals surface area contributed by atoms with Crippen LogP contribution in [0.2, 0.25) is 0 Å². The van der Waals surface area contributed by atoms with E-state index < -0.39 is 13.2 Å². The highest BCUT2D eigenvalue weighted by Crippen LogP contribution is 2.06. The van der Waals surface area contributed by atoms with Crippen molar-refractivity contribution in [2.45, 2.75) is 6.61 Å². The number of rotatable bonds is 4. The topological polar surface area (TPSA) is 78.8 Å². The van der Waals surface area contributed by atoms with Crippen LogP contribution in [0.25, 0.3) is 0 Å². The molecule has 0 radical (unpaired) electrons. The summed E-state index contributed by atoms with van der Waals surface area (Å²) in [5.74, 6) is 0. The Morgan fingerprint density at radius 2 is 1.70 bits per heavy atom. The molecule has 0 saturated carbocycles. The third-order valence-corrected chi connectivity index (χ3v) is 2.67. The second-order valence-electron chi connectivity index (χ2n) is 4.18. The number of hydrogen-bond donors (Lipinski definition) is 3. The average molecular weight is 271 g/mol. The van der Waals surface area contributed by atoms with Crippen molar-refractivity contribution >= 4 is 24.4 Å². The molecule has 102 valence electrons. The highest BCUT2D eigenvalue weighted by Gasteiger charge is 2.10. The second-order valence-corrected chi connectivity index (χ2v) is 4.18. The summed E-state index contributed by atoms with van der Waals surface area (Å²) in [5.41, 5.74) is 1.78. The molecule has 0 bridgehead atoms. The van der Waals surface area contributed by atoms with Crippen LogP contribution < -0.4 is 10.8 Å². The van der Waals surface area contributed by atoms with Gasteiger partial charge in [-0.2, -0.15) is 0 Å². The zero-order valence-corrected chi connectivity index (χ0v) is 10.7. The third-order valence-electron chi connectivity index (χ3n) is 2.67. The zero-order chi connectivity index (χ0) is 14.4. The Bertz CT molecular complexity index is 557. The summed E-state index contributed by atoms with van der Waals surface area (Å²) in [4.78, 5) is 11.6. The molecule has 0 saturated heterocycles. The molecule has 0 atom stereocenters. The van der Waals surface area contributed by atoms with E-state index in [-0.39, 0.29) is 6.61 Å². The highest BCUT2D eigenvalue weighted by molar-refractivity contribution is 6.58. The van der Waals surface area contributed by atoms with E-state index in [4.69, 9.17) is 14.8 Å². The molecular formula is C14H14BNO4. The lowest BCUT2D eigenvalue weighted by Crippen LogP contribution is -2.29. The minimum Gasteiger partial charge on any atom is -0.444 e. The maximum Gasteiger partial charge on any atom is 0.488 e. The average Bonchev–Trinajstić information content (AvgIpc) is 2.47. The molecule has 20 heavy (non-hydrogen) atoms. The minimum absolute atomic E-state index is 0.195. The molecule has 0 fully saturated rings. The van der Waals surface area contributed by atoms with Crippen LogP contribution in [0.15, 0.2) is 54.6 Å². The van der Waals surface area contributed by atoms with E-state index in [0.717, 1.165) is 5.56 Å². The number of amides is 1. The van der Waals surface area contributed by atoms with Gasteiger partial charge in [-0.1, -0.05) is 42.5 Å². The molecule has 1 amide bonds. The van der Waals surface area contributed by atoms with Crippen molar-refractivity contribution in [3.05, 3.63) is 60.2 Å². The molecule has 0 aliphatic rings. The Morgan fingerprint density at radius 3 is 2.30 bits per heavy atom. The fourth-order valence-corrected chi connectivity index (χ4v) is 1.62. The molecule has 2 rings (SSSR count). The van der Waals surface area contributed by atoms with Crippen LogP contribution in [0.3, 0.4) is 0 Å². The van der Waals surface area contributed by atoms with Crippen molar-refractivity contribution in [1.82, 2.24) is 0 Å². The number of hydrogen-bond acceptors (Lipinski definition) is 4. The largest absolute Gasteiger partial charge is 0.488 e. The fourth-order valence-electron chi connectivity index (χ4n) is 1.62. The van der Waals surface area contributed by atoms with Crippen molar-refractivity contribution in [2.24, 2.45) is 0 Å². The summed E-state index contributed by atoms with van der Waals surface area (Å²) in [6.45, 7) is 0.195. The predicted octanol–water partition coefficient (Wildman–Crippen LogP) is 1.12. The first kappa shape index (κ1) is 14.1. The van der Waals surface area contributed by atoms with E-state index >= 15 is 0 Å². The van der Waals surface area contributed by atoms with Crippen LogP contribution in [-0.4, -0.2) is 23.3 Å². The Labute approximate surface area is 117 Å². The van der Waals surface area contributed by atoms with Crippen molar-refractivity contribution in [3.63, 3.8) is 0 Å². The van der Waals surface area contributed by atoms with E-state index in [1.54, 1.807) is 12.1 Å². The van der Waals surface area contributed by atoms with Gasteiger partial charge in [0, 0.05) is 5.69 Å². The summed E-state index contributed by atoms with van der Waals surface area (Å²) >= 11 is 0. The molecule has 0 heterocycles.